The molecule has 27 heavy (non-hydrogen) atoms. The van der Waals surface area contributed by atoms with Crippen molar-refractivity contribution in [3.05, 3.63) is 48.5 Å². The molecule has 2 heterocycles. The predicted molar refractivity (Wildman–Crippen MR) is 109 cm³/mol. The smallest absolute Gasteiger partial charge is 0.259 e. The lowest BCUT2D eigenvalue weighted by molar-refractivity contribution is 0.372. The highest BCUT2D eigenvalue weighted by Crippen LogP contribution is 2.35. The molecule has 0 saturated heterocycles. The first-order valence-electron chi connectivity index (χ1n) is 8.91. The van der Waals surface area contributed by atoms with Crippen molar-refractivity contribution in [1.29, 1.82) is 0 Å². The van der Waals surface area contributed by atoms with Crippen LogP contribution in [0.15, 0.2) is 47.2 Å². The number of halogens is 1. The molecule has 1 aliphatic rings. The molecule has 0 bridgehead atoms. The lowest BCUT2D eigenvalue weighted by Crippen LogP contribution is -2.34. The Morgan fingerprint density at radius 1 is 1.00 bits per heavy atom. The van der Waals surface area contributed by atoms with Crippen LogP contribution in [0, 0.1) is 0 Å². The van der Waals surface area contributed by atoms with Crippen LogP contribution < -0.4 is 10.6 Å². The number of nitrogens with two attached hydrogens (primary N) is 1. The van der Waals surface area contributed by atoms with Crippen LogP contribution in [0.5, 0.6) is 0 Å². The van der Waals surface area contributed by atoms with Crippen LogP contribution in [-0.4, -0.2) is 29.2 Å². The van der Waals surface area contributed by atoms with Crippen LogP contribution in [0.4, 0.5) is 5.69 Å². The Morgan fingerprint density at radius 3 is 2.33 bits per heavy atom. The molecule has 2 N–H and O–H groups in total. The van der Waals surface area contributed by atoms with Crippen molar-refractivity contribution >= 4 is 18.1 Å². The summed E-state index contributed by atoms with van der Waals surface area (Å²) in [5.41, 5.74) is 10.0. The van der Waals surface area contributed by atoms with E-state index in [0.29, 0.717) is 11.7 Å². The molecule has 142 valence electrons. The lowest BCUT2D eigenvalue weighted by atomic mass is 9.98. The molecule has 1 saturated carbocycles. The third kappa shape index (κ3) is 3.82. The summed E-state index contributed by atoms with van der Waals surface area (Å²) >= 11 is 0. The molecule has 0 amide bonds. The van der Waals surface area contributed by atoms with Crippen molar-refractivity contribution in [2.45, 2.75) is 31.2 Å². The monoisotopic (exact) mass is 385 g/mol. The van der Waals surface area contributed by atoms with E-state index >= 15 is 0 Å². The maximum Gasteiger partial charge on any atom is 0.259 e. The summed E-state index contributed by atoms with van der Waals surface area (Å²) in [5, 5.41) is 4.14. The zero-order chi connectivity index (χ0) is 18.1. The Labute approximate surface area is 165 Å². The minimum absolute atomic E-state index is 0. The van der Waals surface area contributed by atoms with E-state index in [-0.39, 0.29) is 12.4 Å². The van der Waals surface area contributed by atoms with Gasteiger partial charge in [0.15, 0.2) is 5.82 Å². The summed E-state index contributed by atoms with van der Waals surface area (Å²) in [7, 11) is 4.05. The Kier molecular flexibility index (Phi) is 5.48. The van der Waals surface area contributed by atoms with E-state index in [9.17, 15) is 0 Å². The Balaban J connectivity index is 0.00000210. The third-order valence-electron chi connectivity index (χ3n) is 5.07. The molecular formula is C20H24ClN5O. The standard InChI is InChI=1S/C20H23N5O.ClH/c1-25(2)17-7-5-14(6-8-17)15-11-16(13-22-12-15)18-23-19(24-26-18)20(21)9-3-4-10-20;/h5-8,11-13H,3-4,9-10,21H2,1-2H3;1H. The molecule has 0 aliphatic heterocycles. The van der Waals surface area contributed by atoms with E-state index in [1.807, 2.05) is 26.4 Å². The fourth-order valence-corrected chi connectivity index (χ4v) is 3.44. The number of hydrogen-bond acceptors (Lipinski definition) is 6. The molecule has 0 radical (unpaired) electrons. The van der Waals surface area contributed by atoms with Gasteiger partial charge in [0.1, 0.15) is 0 Å². The van der Waals surface area contributed by atoms with Crippen LogP contribution in [0.25, 0.3) is 22.6 Å². The first-order valence-corrected chi connectivity index (χ1v) is 8.91. The zero-order valence-corrected chi connectivity index (χ0v) is 16.4. The maximum absolute atomic E-state index is 6.43. The average Bonchev–Trinajstić information content (AvgIpc) is 3.32. The molecule has 0 atom stereocenters. The third-order valence-corrected chi connectivity index (χ3v) is 5.07. The van der Waals surface area contributed by atoms with Crippen LogP contribution in [-0.2, 0) is 5.54 Å². The second-order valence-corrected chi connectivity index (χ2v) is 7.19. The van der Waals surface area contributed by atoms with E-state index < -0.39 is 5.54 Å². The molecule has 4 rings (SSSR count). The predicted octanol–water partition coefficient (Wildman–Crippen LogP) is 4.01. The van der Waals surface area contributed by atoms with E-state index in [2.05, 4.69) is 44.3 Å². The van der Waals surface area contributed by atoms with Gasteiger partial charge in [-0.25, -0.2) is 0 Å². The molecule has 1 aliphatic carbocycles. The molecular weight excluding hydrogens is 362 g/mol. The number of anilines is 1. The number of hydrogen-bond donors (Lipinski definition) is 1. The highest BCUT2D eigenvalue weighted by Gasteiger charge is 2.36. The summed E-state index contributed by atoms with van der Waals surface area (Å²) in [6, 6.07) is 10.4. The summed E-state index contributed by atoms with van der Waals surface area (Å²) in [6.45, 7) is 0. The summed E-state index contributed by atoms with van der Waals surface area (Å²) < 4.78 is 5.48. The minimum Gasteiger partial charge on any atom is -0.378 e. The van der Waals surface area contributed by atoms with E-state index in [0.717, 1.165) is 48.1 Å². The fraction of sp³-hybridized carbons (Fsp3) is 0.350. The summed E-state index contributed by atoms with van der Waals surface area (Å²) in [5.74, 6) is 1.07. The quantitative estimate of drug-likeness (QED) is 0.730. The average molecular weight is 386 g/mol. The normalized spacial score (nSPS) is 15.4. The van der Waals surface area contributed by atoms with Gasteiger partial charge < -0.3 is 15.2 Å². The zero-order valence-electron chi connectivity index (χ0n) is 15.6. The summed E-state index contributed by atoms with van der Waals surface area (Å²) in [6.07, 6.45) is 7.62. The van der Waals surface area contributed by atoms with E-state index in [1.165, 1.54) is 0 Å². The number of rotatable bonds is 4. The van der Waals surface area contributed by atoms with Crippen LogP contribution >= 0.6 is 12.4 Å². The Hall–Kier alpha value is -2.44. The lowest BCUT2D eigenvalue weighted by Gasteiger charge is -2.17. The number of benzene rings is 1. The molecule has 0 unspecified atom stereocenters. The van der Waals surface area contributed by atoms with Crippen LogP contribution in [0.2, 0.25) is 0 Å². The van der Waals surface area contributed by atoms with Crippen LogP contribution in [0.3, 0.4) is 0 Å². The number of nitrogens with zero attached hydrogens (tertiary/aromatic N) is 4. The van der Waals surface area contributed by atoms with Gasteiger partial charge in [0.2, 0.25) is 0 Å². The van der Waals surface area contributed by atoms with Gasteiger partial charge in [-0.3, -0.25) is 4.98 Å². The molecule has 0 spiro atoms. The topological polar surface area (TPSA) is 81.1 Å². The van der Waals surface area contributed by atoms with Crippen molar-refractivity contribution < 1.29 is 4.52 Å². The molecule has 2 aromatic heterocycles. The first-order chi connectivity index (χ1) is 12.5. The van der Waals surface area contributed by atoms with Gasteiger partial charge in [0.25, 0.3) is 5.89 Å². The second kappa shape index (κ2) is 7.66. The van der Waals surface area contributed by atoms with Gasteiger partial charge in [-0.05, 0) is 36.6 Å². The second-order valence-electron chi connectivity index (χ2n) is 7.19. The Morgan fingerprint density at radius 2 is 1.67 bits per heavy atom. The van der Waals surface area contributed by atoms with Crippen LogP contribution in [0.1, 0.15) is 31.5 Å². The minimum atomic E-state index is -0.450. The largest absolute Gasteiger partial charge is 0.378 e. The highest BCUT2D eigenvalue weighted by molar-refractivity contribution is 5.85. The van der Waals surface area contributed by atoms with Crippen molar-refractivity contribution in [1.82, 2.24) is 15.1 Å². The van der Waals surface area contributed by atoms with Crippen molar-refractivity contribution in [3.8, 4) is 22.6 Å². The van der Waals surface area contributed by atoms with Gasteiger partial charge >= 0.3 is 0 Å². The summed E-state index contributed by atoms with van der Waals surface area (Å²) in [4.78, 5) is 11.0. The van der Waals surface area contributed by atoms with Gasteiger partial charge in [0, 0.05) is 37.7 Å². The highest BCUT2D eigenvalue weighted by atomic mass is 35.5. The van der Waals surface area contributed by atoms with Gasteiger partial charge in [-0.15, -0.1) is 12.4 Å². The number of aromatic nitrogens is 3. The Bertz CT molecular complexity index is 901. The fourth-order valence-electron chi connectivity index (χ4n) is 3.44. The number of pyridine rings is 1. The van der Waals surface area contributed by atoms with Crippen molar-refractivity contribution in [2.24, 2.45) is 5.73 Å². The molecule has 3 aromatic rings. The first kappa shape index (κ1) is 19.3. The SMILES string of the molecule is CN(C)c1ccc(-c2cncc(-c3nc(C4(N)CCCC4)no3)c2)cc1.Cl. The van der Waals surface area contributed by atoms with Gasteiger partial charge in [-0.2, -0.15) is 4.98 Å². The maximum atomic E-state index is 6.43. The van der Waals surface area contributed by atoms with Gasteiger partial charge in [-0.1, -0.05) is 30.1 Å². The van der Waals surface area contributed by atoms with Crippen molar-refractivity contribution in [3.63, 3.8) is 0 Å². The molecule has 1 aromatic carbocycles. The van der Waals surface area contributed by atoms with Crippen molar-refractivity contribution in [2.75, 3.05) is 19.0 Å². The molecule has 6 nitrogen and oxygen atoms in total. The molecule has 1 fully saturated rings. The van der Waals surface area contributed by atoms with E-state index in [4.69, 9.17) is 10.3 Å². The van der Waals surface area contributed by atoms with Gasteiger partial charge in [0.05, 0.1) is 11.1 Å². The molecule has 7 heteroatoms. The van der Waals surface area contributed by atoms with E-state index in [1.54, 1.807) is 6.20 Å².